The molecule has 0 aromatic carbocycles. The van der Waals surface area contributed by atoms with Crippen LogP contribution in [0.2, 0.25) is 0 Å². The van der Waals surface area contributed by atoms with Gasteiger partial charge in [-0.1, -0.05) is 13.8 Å². The summed E-state index contributed by atoms with van der Waals surface area (Å²) in [6.45, 7) is 14.1. The van der Waals surface area contributed by atoms with E-state index in [9.17, 15) is 0 Å². The molecule has 0 saturated carbocycles. The SMILES string of the molecule is CCCN(CC)CCNC(C)CC1COCCN1. The number of hydrogen-bond donors (Lipinski definition) is 2. The van der Waals surface area contributed by atoms with E-state index in [0.29, 0.717) is 12.1 Å². The number of rotatable bonds is 9. The van der Waals surface area contributed by atoms with Gasteiger partial charge in [0.15, 0.2) is 0 Å². The molecule has 0 radical (unpaired) electrons. The number of likely N-dealkylation sites (N-methyl/N-ethyl adjacent to an activating group) is 1. The van der Waals surface area contributed by atoms with Crippen LogP contribution < -0.4 is 10.6 Å². The topological polar surface area (TPSA) is 36.5 Å². The summed E-state index contributed by atoms with van der Waals surface area (Å²) in [5.41, 5.74) is 0. The molecule has 1 heterocycles. The minimum absolute atomic E-state index is 0.527. The van der Waals surface area contributed by atoms with Gasteiger partial charge in [-0.05, 0) is 32.9 Å². The molecule has 1 rings (SSSR count). The van der Waals surface area contributed by atoms with Gasteiger partial charge in [-0.2, -0.15) is 0 Å². The smallest absolute Gasteiger partial charge is 0.0620 e. The number of hydrogen-bond acceptors (Lipinski definition) is 4. The van der Waals surface area contributed by atoms with Crippen molar-refractivity contribution in [1.29, 1.82) is 0 Å². The maximum atomic E-state index is 5.48. The van der Waals surface area contributed by atoms with E-state index in [1.165, 1.54) is 13.0 Å². The van der Waals surface area contributed by atoms with Crippen molar-refractivity contribution in [3.05, 3.63) is 0 Å². The summed E-state index contributed by atoms with van der Waals surface area (Å²) in [7, 11) is 0. The van der Waals surface area contributed by atoms with Crippen molar-refractivity contribution in [2.75, 3.05) is 45.9 Å². The minimum Gasteiger partial charge on any atom is -0.379 e. The molecule has 108 valence electrons. The first-order valence-electron chi connectivity index (χ1n) is 7.53. The molecular weight excluding hydrogens is 226 g/mol. The standard InChI is InChI=1S/C14H31N3O/c1-4-8-17(5-2)9-6-15-13(3)11-14-12-18-10-7-16-14/h13-16H,4-12H2,1-3H3. The van der Waals surface area contributed by atoms with Crippen molar-refractivity contribution >= 4 is 0 Å². The predicted octanol–water partition coefficient (Wildman–Crippen LogP) is 1.07. The molecule has 0 amide bonds. The molecule has 0 aromatic heterocycles. The van der Waals surface area contributed by atoms with Gasteiger partial charge >= 0.3 is 0 Å². The van der Waals surface area contributed by atoms with Crippen LogP contribution in [-0.2, 0) is 4.74 Å². The third-order valence-corrected chi connectivity index (χ3v) is 3.54. The van der Waals surface area contributed by atoms with E-state index in [2.05, 4.69) is 36.3 Å². The molecule has 2 atom stereocenters. The van der Waals surface area contributed by atoms with Gasteiger partial charge < -0.3 is 20.3 Å². The zero-order valence-corrected chi connectivity index (χ0v) is 12.4. The Hall–Kier alpha value is -0.160. The van der Waals surface area contributed by atoms with E-state index in [1.807, 2.05) is 0 Å². The van der Waals surface area contributed by atoms with Crippen LogP contribution in [0.3, 0.4) is 0 Å². The monoisotopic (exact) mass is 257 g/mol. The van der Waals surface area contributed by atoms with Crippen molar-refractivity contribution in [1.82, 2.24) is 15.5 Å². The highest BCUT2D eigenvalue weighted by Crippen LogP contribution is 2.02. The highest BCUT2D eigenvalue weighted by Gasteiger charge is 2.15. The zero-order chi connectivity index (χ0) is 13.2. The van der Waals surface area contributed by atoms with Crippen molar-refractivity contribution in [3.63, 3.8) is 0 Å². The molecule has 0 aromatic rings. The highest BCUT2D eigenvalue weighted by molar-refractivity contribution is 4.76. The lowest BCUT2D eigenvalue weighted by atomic mass is 10.1. The van der Waals surface area contributed by atoms with Gasteiger partial charge in [0.2, 0.25) is 0 Å². The Kier molecular flexibility index (Phi) is 8.59. The van der Waals surface area contributed by atoms with Crippen LogP contribution in [-0.4, -0.2) is 62.9 Å². The molecule has 1 saturated heterocycles. The largest absolute Gasteiger partial charge is 0.379 e. The number of morpholine rings is 1. The Bertz CT molecular complexity index is 195. The summed E-state index contributed by atoms with van der Waals surface area (Å²) in [4.78, 5) is 2.50. The molecule has 18 heavy (non-hydrogen) atoms. The third-order valence-electron chi connectivity index (χ3n) is 3.54. The van der Waals surface area contributed by atoms with Gasteiger partial charge in [0.25, 0.3) is 0 Å². The maximum absolute atomic E-state index is 5.48. The second-order valence-corrected chi connectivity index (χ2v) is 5.25. The van der Waals surface area contributed by atoms with E-state index in [0.717, 1.165) is 45.8 Å². The average molecular weight is 257 g/mol. The van der Waals surface area contributed by atoms with Crippen LogP contribution in [0.25, 0.3) is 0 Å². The van der Waals surface area contributed by atoms with E-state index in [1.54, 1.807) is 0 Å². The van der Waals surface area contributed by atoms with E-state index in [-0.39, 0.29) is 0 Å². The Morgan fingerprint density at radius 3 is 2.83 bits per heavy atom. The molecule has 2 N–H and O–H groups in total. The van der Waals surface area contributed by atoms with Crippen LogP contribution in [0.4, 0.5) is 0 Å². The summed E-state index contributed by atoms with van der Waals surface area (Å²) in [6.07, 6.45) is 2.40. The second kappa shape index (κ2) is 9.73. The molecular formula is C14H31N3O. The van der Waals surface area contributed by atoms with Gasteiger partial charge in [-0.25, -0.2) is 0 Å². The lowest BCUT2D eigenvalue weighted by Crippen LogP contribution is -2.45. The molecule has 4 nitrogen and oxygen atoms in total. The van der Waals surface area contributed by atoms with Crippen molar-refractivity contribution in [3.8, 4) is 0 Å². The van der Waals surface area contributed by atoms with Gasteiger partial charge in [-0.15, -0.1) is 0 Å². The van der Waals surface area contributed by atoms with Gasteiger partial charge in [0.05, 0.1) is 13.2 Å². The first-order chi connectivity index (χ1) is 8.76. The molecule has 0 aliphatic carbocycles. The van der Waals surface area contributed by atoms with Crippen LogP contribution in [0.15, 0.2) is 0 Å². The zero-order valence-electron chi connectivity index (χ0n) is 12.4. The fourth-order valence-corrected chi connectivity index (χ4v) is 2.49. The predicted molar refractivity (Wildman–Crippen MR) is 77.1 cm³/mol. The molecule has 4 heteroatoms. The first-order valence-corrected chi connectivity index (χ1v) is 7.53. The lowest BCUT2D eigenvalue weighted by Gasteiger charge is -2.27. The second-order valence-electron chi connectivity index (χ2n) is 5.25. The molecule has 0 spiro atoms. The maximum Gasteiger partial charge on any atom is 0.0620 e. The Labute approximate surface area is 112 Å². The molecule has 1 fully saturated rings. The summed E-state index contributed by atoms with van der Waals surface area (Å²) < 4.78 is 5.48. The van der Waals surface area contributed by atoms with Crippen molar-refractivity contribution in [2.24, 2.45) is 0 Å². The number of nitrogens with one attached hydrogen (secondary N) is 2. The van der Waals surface area contributed by atoms with E-state index < -0.39 is 0 Å². The Morgan fingerprint density at radius 2 is 2.22 bits per heavy atom. The molecule has 1 aliphatic rings. The molecule has 2 unspecified atom stereocenters. The third kappa shape index (κ3) is 6.69. The number of nitrogens with zero attached hydrogens (tertiary/aromatic N) is 1. The Morgan fingerprint density at radius 1 is 1.39 bits per heavy atom. The van der Waals surface area contributed by atoms with E-state index >= 15 is 0 Å². The van der Waals surface area contributed by atoms with Crippen LogP contribution in [0, 0.1) is 0 Å². The number of ether oxygens (including phenoxy) is 1. The van der Waals surface area contributed by atoms with Crippen molar-refractivity contribution < 1.29 is 4.74 Å². The summed E-state index contributed by atoms with van der Waals surface area (Å²) in [6, 6.07) is 1.09. The summed E-state index contributed by atoms with van der Waals surface area (Å²) >= 11 is 0. The van der Waals surface area contributed by atoms with Gasteiger partial charge in [0.1, 0.15) is 0 Å². The summed E-state index contributed by atoms with van der Waals surface area (Å²) in [5.74, 6) is 0. The van der Waals surface area contributed by atoms with Gasteiger partial charge in [-0.3, -0.25) is 0 Å². The average Bonchev–Trinajstić information content (AvgIpc) is 2.39. The fraction of sp³-hybridized carbons (Fsp3) is 1.00. The van der Waals surface area contributed by atoms with E-state index in [4.69, 9.17) is 4.74 Å². The summed E-state index contributed by atoms with van der Waals surface area (Å²) in [5, 5.41) is 7.12. The molecule has 1 aliphatic heterocycles. The minimum atomic E-state index is 0.527. The normalized spacial score (nSPS) is 22.3. The van der Waals surface area contributed by atoms with Crippen LogP contribution in [0.1, 0.15) is 33.6 Å². The Balaban J connectivity index is 2.06. The van der Waals surface area contributed by atoms with Gasteiger partial charge in [0, 0.05) is 31.7 Å². The van der Waals surface area contributed by atoms with Crippen LogP contribution >= 0.6 is 0 Å². The molecule has 0 bridgehead atoms. The lowest BCUT2D eigenvalue weighted by molar-refractivity contribution is 0.0711. The van der Waals surface area contributed by atoms with Crippen molar-refractivity contribution in [2.45, 2.75) is 45.7 Å². The van der Waals surface area contributed by atoms with Crippen LogP contribution in [0.5, 0.6) is 0 Å². The highest BCUT2D eigenvalue weighted by atomic mass is 16.5. The first kappa shape index (κ1) is 15.9. The fourth-order valence-electron chi connectivity index (χ4n) is 2.49. The quantitative estimate of drug-likeness (QED) is 0.648.